The number of carbonyl (C=O) groups is 1. The number of halogens is 1. The maximum Gasteiger partial charge on any atom is 0.143 e. The molecule has 0 bridgehead atoms. The molecule has 112 valence electrons. The number of nitrogens with zero attached hydrogens (tertiary/aromatic N) is 2. The predicted molar refractivity (Wildman–Crippen MR) is 80.9 cm³/mol. The molecule has 2 N–H and O–H groups in total. The Hall–Kier alpha value is -0.870. The quantitative estimate of drug-likeness (QED) is 0.869. The van der Waals surface area contributed by atoms with Gasteiger partial charge in [0.1, 0.15) is 5.78 Å². The largest absolute Gasteiger partial charge is 0.327 e. The summed E-state index contributed by atoms with van der Waals surface area (Å²) in [5.41, 5.74) is 7.85. The van der Waals surface area contributed by atoms with Crippen molar-refractivity contribution in [2.75, 3.05) is 0 Å². The summed E-state index contributed by atoms with van der Waals surface area (Å²) >= 11 is 6.31. The van der Waals surface area contributed by atoms with E-state index in [1.165, 1.54) is 6.42 Å². The van der Waals surface area contributed by atoms with E-state index in [9.17, 15) is 4.79 Å². The van der Waals surface area contributed by atoms with Crippen molar-refractivity contribution >= 4 is 17.4 Å². The molecule has 0 radical (unpaired) electrons. The molecule has 2 unspecified atom stereocenters. The van der Waals surface area contributed by atoms with Crippen molar-refractivity contribution in [3.05, 3.63) is 16.4 Å². The number of aromatic nitrogens is 2. The number of hydrogen-bond acceptors (Lipinski definition) is 3. The molecule has 0 aromatic carbocycles. The Kier molecular flexibility index (Phi) is 5.22. The molecule has 20 heavy (non-hydrogen) atoms. The van der Waals surface area contributed by atoms with Crippen LogP contribution in [0.3, 0.4) is 0 Å². The third-order valence-corrected chi connectivity index (χ3v) is 4.76. The van der Waals surface area contributed by atoms with Crippen molar-refractivity contribution in [2.45, 2.75) is 57.9 Å². The van der Waals surface area contributed by atoms with E-state index in [1.54, 1.807) is 4.68 Å². The van der Waals surface area contributed by atoms with Gasteiger partial charge < -0.3 is 5.73 Å². The second-order valence-corrected chi connectivity index (χ2v) is 6.11. The lowest BCUT2D eigenvalue weighted by molar-refractivity contribution is -0.123. The molecule has 2 atom stereocenters. The van der Waals surface area contributed by atoms with E-state index >= 15 is 0 Å². The minimum atomic E-state index is -0.0199. The number of Topliss-reactive ketones (excluding diaryl/α,β-unsaturated/α-hetero) is 1. The van der Waals surface area contributed by atoms with Crippen LogP contribution in [-0.4, -0.2) is 21.6 Å². The van der Waals surface area contributed by atoms with E-state index in [0.717, 1.165) is 43.5 Å². The van der Waals surface area contributed by atoms with E-state index in [4.69, 9.17) is 17.3 Å². The van der Waals surface area contributed by atoms with Gasteiger partial charge in [0.2, 0.25) is 0 Å². The van der Waals surface area contributed by atoms with Crippen molar-refractivity contribution in [1.82, 2.24) is 9.78 Å². The van der Waals surface area contributed by atoms with Crippen molar-refractivity contribution in [1.29, 1.82) is 0 Å². The molecule has 1 aliphatic rings. The minimum Gasteiger partial charge on any atom is -0.327 e. The molecule has 0 amide bonds. The lowest BCUT2D eigenvalue weighted by Gasteiger charge is -2.20. The Bertz CT molecular complexity index is 484. The Morgan fingerprint density at radius 2 is 2.10 bits per heavy atom. The summed E-state index contributed by atoms with van der Waals surface area (Å²) in [6.45, 7) is 2.01. The fraction of sp³-hybridized carbons (Fsp3) is 0.733. The zero-order valence-electron chi connectivity index (χ0n) is 12.4. The molecule has 1 aliphatic carbocycles. The molecule has 1 saturated carbocycles. The topological polar surface area (TPSA) is 60.9 Å². The first-order valence-corrected chi connectivity index (χ1v) is 7.91. The highest BCUT2D eigenvalue weighted by Gasteiger charge is 2.28. The summed E-state index contributed by atoms with van der Waals surface area (Å²) in [6, 6.07) is 0.00245. The Morgan fingerprint density at radius 3 is 2.75 bits per heavy atom. The standard InChI is InChI=1S/C15H24ClN3O/c1-3-12-15(16)13(19(2)18-12)9-14(20)10-7-5-4-6-8-11(10)17/h10-11H,3-9,17H2,1-2H3. The van der Waals surface area contributed by atoms with Crippen LogP contribution in [0.4, 0.5) is 0 Å². The third-order valence-electron chi connectivity index (χ3n) is 4.33. The summed E-state index contributed by atoms with van der Waals surface area (Å²) in [6.07, 6.45) is 6.42. The van der Waals surface area contributed by atoms with Crippen LogP contribution in [-0.2, 0) is 24.7 Å². The van der Waals surface area contributed by atoms with Gasteiger partial charge in [-0.05, 0) is 19.3 Å². The zero-order valence-corrected chi connectivity index (χ0v) is 13.1. The molecular weight excluding hydrogens is 274 g/mol. The summed E-state index contributed by atoms with van der Waals surface area (Å²) in [7, 11) is 1.85. The van der Waals surface area contributed by atoms with Gasteiger partial charge in [-0.15, -0.1) is 0 Å². The first-order valence-electron chi connectivity index (χ1n) is 7.53. The Morgan fingerprint density at radius 1 is 1.40 bits per heavy atom. The summed E-state index contributed by atoms with van der Waals surface area (Å²) in [5.74, 6) is 0.195. The average Bonchev–Trinajstić information content (AvgIpc) is 2.59. The van der Waals surface area contributed by atoms with Gasteiger partial charge in [0.25, 0.3) is 0 Å². The second-order valence-electron chi connectivity index (χ2n) is 5.74. The van der Waals surface area contributed by atoms with E-state index in [0.29, 0.717) is 11.4 Å². The van der Waals surface area contributed by atoms with Crippen LogP contribution in [0.5, 0.6) is 0 Å². The zero-order chi connectivity index (χ0) is 14.7. The van der Waals surface area contributed by atoms with Crippen molar-refractivity contribution in [2.24, 2.45) is 18.7 Å². The van der Waals surface area contributed by atoms with Gasteiger partial charge >= 0.3 is 0 Å². The van der Waals surface area contributed by atoms with Crippen LogP contribution in [0.1, 0.15) is 50.4 Å². The van der Waals surface area contributed by atoms with Crippen LogP contribution in [0.2, 0.25) is 5.02 Å². The van der Waals surface area contributed by atoms with Gasteiger partial charge in [0.05, 0.1) is 22.8 Å². The van der Waals surface area contributed by atoms with Gasteiger partial charge in [-0.1, -0.05) is 37.8 Å². The lowest BCUT2D eigenvalue weighted by atomic mass is 9.89. The Balaban J connectivity index is 2.12. The first kappa shape index (κ1) is 15.5. The first-order chi connectivity index (χ1) is 9.54. The van der Waals surface area contributed by atoms with Crippen molar-refractivity contribution in [3.63, 3.8) is 0 Å². The van der Waals surface area contributed by atoms with E-state index in [-0.39, 0.29) is 17.7 Å². The number of rotatable bonds is 4. The van der Waals surface area contributed by atoms with Gasteiger partial charge in [0.15, 0.2) is 0 Å². The highest BCUT2D eigenvalue weighted by atomic mass is 35.5. The SMILES string of the molecule is CCc1nn(C)c(CC(=O)C2CCCCCC2N)c1Cl. The number of ketones is 1. The molecule has 4 nitrogen and oxygen atoms in total. The van der Waals surface area contributed by atoms with E-state index in [1.807, 2.05) is 14.0 Å². The van der Waals surface area contributed by atoms with Crippen molar-refractivity contribution < 1.29 is 4.79 Å². The molecule has 0 aliphatic heterocycles. The van der Waals surface area contributed by atoms with Crippen LogP contribution in [0.15, 0.2) is 0 Å². The van der Waals surface area contributed by atoms with Crippen LogP contribution in [0.25, 0.3) is 0 Å². The Labute approximate surface area is 125 Å². The third kappa shape index (κ3) is 3.23. The smallest absolute Gasteiger partial charge is 0.143 e. The number of nitrogens with two attached hydrogens (primary N) is 1. The average molecular weight is 298 g/mol. The normalized spacial score (nSPS) is 23.6. The number of aryl methyl sites for hydroxylation is 2. The monoisotopic (exact) mass is 297 g/mol. The van der Waals surface area contributed by atoms with Gasteiger partial charge in [-0.25, -0.2) is 0 Å². The predicted octanol–water partition coefficient (Wildman–Crippen LogP) is 2.66. The minimum absolute atomic E-state index is 0.00245. The number of carbonyl (C=O) groups excluding carboxylic acids is 1. The molecule has 0 spiro atoms. The fourth-order valence-corrected chi connectivity index (χ4v) is 3.40. The maximum atomic E-state index is 12.6. The highest BCUT2D eigenvalue weighted by Crippen LogP contribution is 2.27. The second kappa shape index (κ2) is 6.72. The van der Waals surface area contributed by atoms with Gasteiger partial charge in [-0.3, -0.25) is 9.48 Å². The molecule has 2 rings (SSSR count). The molecule has 1 aromatic rings. The maximum absolute atomic E-state index is 12.6. The number of hydrogen-bond donors (Lipinski definition) is 1. The van der Waals surface area contributed by atoms with E-state index < -0.39 is 0 Å². The summed E-state index contributed by atoms with van der Waals surface area (Å²) in [4.78, 5) is 12.6. The van der Waals surface area contributed by atoms with Crippen LogP contribution in [0, 0.1) is 5.92 Å². The van der Waals surface area contributed by atoms with Crippen LogP contribution >= 0.6 is 11.6 Å². The van der Waals surface area contributed by atoms with E-state index in [2.05, 4.69) is 5.10 Å². The molecule has 1 fully saturated rings. The summed E-state index contributed by atoms with van der Waals surface area (Å²) < 4.78 is 1.74. The molecule has 1 heterocycles. The molecule has 0 saturated heterocycles. The molecular formula is C15H24ClN3O. The van der Waals surface area contributed by atoms with Crippen LogP contribution < -0.4 is 5.73 Å². The van der Waals surface area contributed by atoms with Crippen molar-refractivity contribution in [3.8, 4) is 0 Å². The fourth-order valence-electron chi connectivity index (χ4n) is 3.04. The molecule has 1 aromatic heterocycles. The highest BCUT2D eigenvalue weighted by molar-refractivity contribution is 6.32. The van der Waals surface area contributed by atoms with Gasteiger partial charge in [0, 0.05) is 19.0 Å². The summed E-state index contributed by atoms with van der Waals surface area (Å²) in [5, 5.41) is 5.01. The molecule has 5 heteroatoms. The van der Waals surface area contributed by atoms with Gasteiger partial charge in [-0.2, -0.15) is 5.10 Å². The lowest BCUT2D eigenvalue weighted by Crippen LogP contribution is -2.35.